The zero-order valence-corrected chi connectivity index (χ0v) is 11.7. The molecule has 7 nitrogen and oxygen atoms in total. The second-order valence-corrected chi connectivity index (χ2v) is 5.70. The summed E-state index contributed by atoms with van der Waals surface area (Å²) in [5.74, 6) is 0. The van der Waals surface area contributed by atoms with Gasteiger partial charge in [0.15, 0.2) is 5.03 Å². The lowest BCUT2D eigenvalue weighted by molar-refractivity contribution is 0.199. The largest absolute Gasteiger partial charge is 0.383 e. The molecule has 0 aliphatic rings. The number of hydrogen-bond donors (Lipinski definition) is 2. The average molecular weight is 276 g/mol. The molecular weight excluding hydrogens is 256 g/mol. The van der Waals surface area contributed by atoms with E-state index in [2.05, 4.69) is 10.4 Å². The van der Waals surface area contributed by atoms with Gasteiger partial charge in [0.1, 0.15) is 0 Å². The summed E-state index contributed by atoms with van der Waals surface area (Å²) < 4.78 is 29.5. The third-order valence-corrected chi connectivity index (χ3v) is 3.37. The van der Waals surface area contributed by atoms with Gasteiger partial charge in [0.2, 0.25) is 0 Å². The molecule has 0 spiro atoms. The number of nitrogens with two attached hydrogens (primary N) is 1. The Labute approximate surface area is 107 Å². The highest BCUT2D eigenvalue weighted by Crippen LogP contribution is 2.18. The fourth-order valence-electron chi connectivity index (χ4n) is 1.59. The van der Waals surface area contributed by atoms with E-state index in [0.717, 1.165) is 0 Å². The van der Waals surface area contributed by atoms with Crippen LogP contribution in [0.3, 0.4) is 0 Å². The van der Waals surface area contributed by atoms with Gasteiger partial charge in [-0.25, -0.2) is 13.6 Å². The highest BCUT2D eigenvalue weighted by atomic mass is 32.2. The lowest BCUT2D eigenvalue weighted by Gasteiger charge is -2.11. The van der Waals surface area contributed by atoms with Crippen LogP contribution in [0.2, 0.25) is 0 Å². The minimum absolute atomic E-state index is 0.0638. The normalized spacial score (nSPS) is 12.3. The summed E-state index contributed by atoms with van der Waals surface area (Å²) >= 11 is 0. The van der Waals surface area contributed by atoms with Crippen molar-refractivity contribution in [1.82, 2.24) is 15.1 Å². The summed E-state index contributed by atoms with van der Waals surface area (Å²) in [5, 5.41) is 12.4. The van der Waals surface area contributed by atoms with Crippen LogP contribution in [-0.2, 0) is 21.3 Å². The Bertz CT molecular complexity index is 481. The number of hydrogen-bond acceptors (Lipinski definition) is 5. The van der Waals surface area contributed by atoms with Crippen molar-refractivity contribution in [2.75, 3.05) is 20.3 Å². The van der Waals surface area contributed by atoms with Gasteiger partial charge in [0, 0.05) is 31.8 Å². The summed E-state index contributed by atoms with van der Waals surface area (Å²) in [6.07, 6.45) is 1.53. The summed E-state index contributed by atoms with van der Waals surface area (Å²) in [6, 6.07) is -0.0638. The summed E-state index contributed by atoms with van der Waals surface area (Å²) in [4.78, 5) is 0. The van der Waals surface area contributed by atoms with E-state index < -0.39 is 10.0 Å². The number of rotatable bonds is 7. The van der Waals surface area contributed by atoms with Crippen molar-refractivity contribution >= 4 is 10.0 Å². The standard InChI is InChI=1S/C10H20N4O3S/c1-8(2)14-10(18(11,15)16)9(7-13-14)6-12-4-5-17-3/h7-8,12H,4-6H2,1-3H3,(H2,11,15,16). The third-order valence-electron chi connectivity index (χ3n) is 2.38. The Morgan fingerprint density at radius 3 is 2.72 bits per heavy atom. The summed E-state index contributed by atoms with van der Waals surface area (Å²) in [7, 11) is -2.17. The van der Waals surface area contributed by atoms with Crippen LogP contribution < -0.4 is 10.5 Å². The molecule has 3 N–H and O–H groups in total. The minimum Gasteiger partial charge on any atom is -0.383 e. The Morgan fingerprint density at radius 1 is 1.56 bits per heavy atom. The van der Waals surface area contributed by atoms with Gasteiger partial charge in [0.25, 0.3) is 10.0 Å². The molecule has 1 aromatic heterocycles. The van der Waals surface area contributed by atoms with Crippen molar-refractivity contribution in [2.24, 2.45) is 5.14 Å². The van der Waals surface area contributed by atoms with E-state index in [1.807, 2.05) is 13.8 Å². The molecule has 0 saturated heterocycles. The highest BCUT2D eigenvalue weighted by Gasteiger charge is 2.22. The quantitative estimate of drug-likeness (QED) is 0.675. The molecule has 0 aromatic carbocycles. The second-order valence-electron chi connectivity index (χ2n) is 4.23. The molecule has 0 fully saturated rings. The molecule has 0 aliphatic carbocycles. The molecule has 0 saturated carbocycles. The van der Waals surface area contributed by atoms with Gasteiger partial charge in [-0.05, 0) is 13.8 Å². The van der Waals surface area contributed by atoms with Gasteiger partial charge in [-0.2, -0.15) is 5.10 Å². The number of nitrogens with one attached hydrogen (secondary N) is 1. The van der Waals surface area contributed by atoms with Gasteiger partial charge in [0.05, 0.1) is 12.8 Å². The molecule has 104 valence electrons. The van der Waals surface area contributed by atoms with E-state index >= 15 is 0 Å². The van der Waals surface area contributed by atoms with E-state index in [0.29, 0.717) is 25.3 Å². The maximum atomic E-state index is 11.6. The summed E-state index contributed by atoms with van der Waals surface area (Å²) in [5.41, 5.74) is 0.572. The van der Waals surface area contributed by atoms with E-state index in [1.165, 1.54) is 10.9 Å². The zero-order chi connectivity index (χ0) is 13.8. The smallest absolute Gasteiger partial charge is 0.255 e. The van der Waals surface area contributed by atoms with Crippen molar-refractivity contribution in [2.45, 2.75) is 31.5 Å². The van der Waals surface area contributed by atoms with Gasteiger partial charge < -0.3 is 10.1 Å². The van der Waals surface area contributed by atoms with Crippen LogP contribution in [0.15, 0.2) is 11.2 Å². The highest BCUT2D eigenvalue weighted by molar-refractivity contribution is 7.89. The number of aromatic nitrogens is 2. The van der Waals surface area contributed by atoms with Crippen molar-refractivity contribution in [3.63, 3.8) is 0 Å². The fourth-order valence-corrected chi connectivity index (χ4v) is 2.60. The maximum Gasteiger partial charge on any atom is 0.255 e. The van der Waals surface area contributed by atoms with E-state index in [4.69, 9.17) is 9.88 Å². The van der Waals surface area contributed by atoms with Crippen LogP contribution in [0, 0.1) is 0 Å². The Morgan fingerprint density at radius 2 is 2.22 bits per heavy atom. The van der Waals surface area contributed by atoms with E-state index in [-0.39, 0.29) is 11.1 Å². The number of nitrogens with zero attached hydrogens (tertiary/aromatic N) is 2. The van der Waals surface area contributed by atoms with E-state index in [9.17, 15) is 8.42 Å². The van der Waals surface area contributed by atoms with Gasteiger partial charge >= 0.3 is 0 Å². The molecule has 1 aromatic rings. The fraction of sp³-hybridized carbons (Fsp3) is 0.700. The lowest BCUT2D eigenvalue weighted by Crippen LogP contribution is -2.24. The predicted molar refractivity (Wildman–Crippen MR) is 67.6 cm³/mol. The first-order valence-electron chi connectivity index (χ1n) is 5.66. The second kappa shape index (κ2) is 6.28. The van der Waals surface area contributed by atoms with Crippen molar-refractivity contribution in [3.05, 3.63) is 11.8 Å². The molecular formula is C10H20N4O3S. The Balaban J connectivity index is 2.92. The van der Waals surface area contributed by atoms with Crippen molar-refractivity contribution in [1.29, 1.82) is 0 Å². The number of primary sulfonamides is 1. The first kappa shape index (κ1) is 15.1. The summed E-state index contributed by atoms with van der Waals surface area (Å²) in [6.45, 7) is 5.28. The molecule has 0 unspecified atom stereocenters. The molecule has 8 heteroatoms. The third kappa shape index (κ3) is 3.77. The minimum atomic E-state index is -3.78. The predicted octanol–water partition coefficient (Wildman–Crippen LogP) is -0.153. The van der Waals surface area contributed by atoms with Crippen LogP contribution in [0.1, 0.15) is 25.5 Å². The molecule has 0 aliphatic heterocycles. The molecule has 0 bridgehead atoms. The van der Waals surface area contributed by atoms with E-state index in [1.54, 1.807) is 7.11 Å². The van der Waals surface area contributed by atoms with Crippen LogP contribution in [0.25, 0.3) is 0 Å². The molecule has 1 heterocycles. The number of ether oxygens (including phenoxy) is 1. The number of methoxy groups -OCH3 is 1. The molecule has 0 radical (unpaired) electrons. The average Bonchev–Trinajstić information content (AvgIpc) is 2.68. The Kier molecular flexibility index (Phi) is 5.27. The molecule has 0 atom stereocenters. The van der Waals surface area contributed by atoms with Gasteiger partial charge in [-0.1, -0.05) is 0 Å². The monoisotopic (exact) mass is 276 g/mol. The first-order valence-corrected chi connectivity index (χ1v) is 7.21. The van der Waals surface area contributed by atoms with Crippen LogP contribution in [-0.4, -0.2) is 38.5 Å². The SMILES string of the molecule is COCCNCc1cnn(C(C)C)c1S(N)(=O)=O. The topological polar surface area (TPSA) is 99.2 Å². The first-order chi connectivity index (χ1) is 8.38. The zero-order valence-electron chi connectivity index (χ0n) is 10.9. The maximum absolute atomic E-state index is 11.6. The van der Waals surface area contributed by atoms with Gasteiger partial charge in [-0.15, -0.1) is 0 Å². The van der Waals surface area contributed by atoms with Crippen LogP contribution >= 0.6 is 0 Å². The van der Waals surface area contributed by atoms with Crippen LogP contribution in [0.4, 0.5) is 0 Å². The number of sulfonamides is 1. The molecule has 0 amide bonds. The van der Waals surface area contributed by atoms with Crippen LogP contribution in [0.5, 0.6) is 0 Å². The Hall–Kier alpha value is -0.960. The lowest BCUT2D eigenvalue weighted by atomic mass is 10.3. The molecule has 18 heavy (non-hydrogen) atoms. The molecule has 1 rings (SSSR count). The van der Waals surface area contributed by atoms with Gasteiger partial charge in [-0.3, -0.25) is 4.68 Å². The van der Waals surface area contributed by atoms with Crippen molar-refractivity contribution in [3.8, 4) is 0 Å². The van der Waals surface area contributed by atoms with Crippen molar-refractivity contribution < 1.29 is 13.2 Å².